The van der Waals surface area contributed by atoms with Crippen LogP contribution in [0, 0.1) is 5.92 Å². The highest BCUT2D eigenvalue weighted by Crippen LogP contribution is 2.62. The molecule has 0 fully saturated rings. The average molecular weight is 686 g/mol. The van der Waals surface area contributed by atoms with Crippen LogP contribution in [0.25, 0.3) is 33.3 Å². The maximum absolute atomic E-state index is 6.94. The van der Waals surface area contributed by atoms with E-state index in [0.29, 0.717) is 5.92 Å². The summed E-state index contributed by atoms with van der Waals surface area (Å²) in [5, 5.41) is 1.37. The molecule has 6 aromatic carbocycles. The molecule has 11 rings (SSSR count). The summed E-state index contributed by atoms with van der Waals surface area (Å²) < 4.78 is 16.3. The van der Waals surface area contributed by atoms with Crippen LogP contribution >= 0.6 is 0 Å². The van der Waals surface area contributed by atoms with E-state index in [-0.39, 0.29) is 0 Å². The molecule has 3 nitrogen and oxygen atoms in total. The number of aromatic nitrogens is 1. The Morgan fingerprint density at radius 2 is 1.25 bits per heavy atom. The zero-order valence-corrected chi connectivity index (χ0v) is 29.8. The Labute approximate surface area is 310 Å². The van der Waals surface area contributed by atoms with E-state index in [4.69, 9.17) is 9.47 Å². The van der Waals surface area contributed by atoms with Crippen LogP contribution in [0.15, 0.2) is 152 Å². The first kappa shape index (κ1) is 30.6. The molecule has 0 saturated carbocycles. The van der Waals surface area contributed by atoms with Crippen molar-refractivity contribution in [3.05, 3.63) is 191 Å². The van der Waals surface area contributed by atoms with Crippen LogP contribution in [-0.4, -0.2) is 4.57 Å². The second kappa shape index (κ2) is 11.7. The topological polar surface area (TPSA) is 23.4 Å². The summed E-state index contributed by atoms with van der Waals surface area (Å²) in [5.41, 5.74) is 14.2. The number of fused-ring (bicyclic) bond motifs is 11. The fourth-order valence-electron chi connectivity index (χ4n) is 9.77. The Kier molecular flexibility index (Phi) is 6.76. The number of benzene rings is 6. The lowest BCUT2D eigenvalue weighted by Gasteiger charge is -2.45. The molecule has 0 saturated heterocycles. The number of hydrogen-bond acceptors (Lipinski definition) is 2. The first-order valence-corrected chi connectivity index (χ1v) is 19.1. The molecular weight excluding hydrogens is 647 g/mol. The minimum absolute atomic E-state index is 0.495. The van der Waals surface area contributed by atoms with Gasteiger partial charge in [-0.1, -0.05) is 116 Å². The molecule has 0 amide bonds. The van der Waals surface area contributed by atoms with E-state index in [1.54, 1.807) is 0 Å². The maximum atomic E-state index is 6.94. The molecule has 2 aliphatic carbocycles. The fourth-order valence-corrected chi connectivity index (χ4v) is 9.77. The van der Waals surface area contributed by atoms with Gasteiger partial charge < -0.3 is 14.0 Å². The third-order valence-electron chi connectivity index (χ3n) is 12.2. The average Bonchev–Trinajstić information content (AvgIpc) is 3.55. The van der Waals surface area contributed by atoms with E-state index < -0.39 is 5.41 Å². The lowest BCUT2D eigenvalue weighted by Crippen LogP contribution is -2.36. The molecule has 4 aliphatic rings. The number of allylic oxidation sites excluding steroid dienone is 4. The van der Waals surface area contributed by atoms with Gasteiger partial charge in [0.15, 0.2) is 0 Å². The third kappa shape index (κ3) is 4.47. The number of hydrogen-bond donors (Lipinski definition) is 0. The zero-order valence-electron chi connectivity index (χ0n) is 29.8. The molecule has 3 heteroatoms. The standard InChI is InChI=1S/C50H39NO2/c1-32-13-2-3-16-37(32)35-15-12-14-33(29-35)34-25-27-42-48(30-34)52-46-23-10-6-19-40(46)50(42)41-20-7-11-24-47(41)53-49-31-36(26-28-43(49)50)51-44-21-8-4-17-38(44)39-18-5-9-22-45(39)51/h2-4,6-8,10-12,14-17,19-21,23-32H,5,9,13,18,22H2,1H3. The summed E-state index contributed by atoms with van der Waals surface area (Å²) >= 11 is 0. The molecule has 3 heterocycles. The summed E-state index contributed by atoms with van der Waals surface area (Å²) in [5.74, 6) is 3.99. The summed E-state index contributed by atoms with van der Waals surface area (Å²) in [7, 11) is 0. The van der Waals surface area contributed by atoms with Gasteiger partial charge in [0, 0.05) is 45.1 Å². The molecule has 53 heavy (non-hydrogen) atoms. The molecule has 1 spiro atoms. The molecule has 1 aromatic heterocycles. The van der Waals surface area contributed by atoms with E-state index in [0.717, 1.165) is 75.8 Å². The second-order valence-corrected chi connectivity index (χ2v) is 15.1. The number of para-hydroxylation sites is 3. The molecule has 2 unspecified atom stereocenters. The predicted molar refractivity (Wildman–Crippen MR) is 215 cm³/mol. The van der Waals surface area contributed by atoms with Gasteiger partial charge >= 0.3 is 0 Å². The molecule has 0 radical (unpaired) electrons. The Balaban J connectivity index is 1.12. The van der Waals surface area contributed by atoms with E-state index in [1.807, 2.05) is 0 Å². The van der Waals surface area contributed by atoms with Crippen molar-refractivity contribution < 1.29 is 9.47 Å². The van der Waals surface area contributed by atoms with Crippen molar-refractivity contribution in [2.45, 2.75) is 44.4 Å². The van der Waals surface area contributed by atoms with Gasteiger partial charge in [-0.15, -0.1) is 0 Å². The molecule has 2 atom stereocenters. The van der Waals surface area contributed by atoms with Crippen molar-refractivity contribution in [2.75, 3.05) is 0 Å². The van der Waals surface area contributed by atoms with Gasteiger partial charge in [0.25, 0.3) is 0 Å². The van der Waals surface area contributed by atoms with Crippen molar-refractivity contribution in [2.24, 2.45) is 5.92 Å². The molecular formula is C50H39NO2. The minimum atomic E-state index is -0.639. The van der Waals surface area contributed by atoms with E-state index >= 15 is 0 Å². The van der Waals surface area contributed by atoms with Gasteiger partial charge in [0.1, 0.15) is 23.0 Å². The van der Waals surface area contributed by atoms with Crippen LogP contribution in [0.5, 0.6) is 23.0 Å². The maximum Gasteiger partial charge on any atom is 0.134 e. The van der Waals surface area contributed by atoms with E-state index in [2.05, 4.69) is 163 Å². The summed E-state index contributed by atoms with van der Waals surface area (Å²) in [4.78, 5) is 0. The summed E-state index contributed by atoms with van der Waals surface area (Å²) in [6, 6.07) is 48.7. The lowest BCUT2D eigenvalue weighted by atomic mass is 9.62. The molecule has 0 N–H and O–H groups in total. The van der Waals surface area contributed by atoms with Gasteiger partial charge in [-0.3, -0.25) is 0 Å². The van der Waals surface area contributed by atoms with Crippen LogP contribution in [0.2, 0.25) is 0 Å². The van der Waals surface area contributed by atoms with Crippen LogP contribution in [-0.2, 0) is 18.3 Å². The van der Waals surface area contributed by atoms with Gasteiger partial charge in [0.05, 0.1) is 10.9 Å². The van der Waals surface area contributed by atoms with Crippen LogP contribution in [0.4, 0.5) is 0 Å². The van der Waals surface area contributed by atoms with Crippen LogP contribution in [0.1, 0.15) is 65.3 Å². The SMILES string of the molecule is CC1CC=CC=C1c1cccc(-c2ccc3c(c2)Oc2ccccc2C32c3ccccc3Oc3cc(-n4c5c(c6ccccc64)CCCC5)ccc32)c1. The number of rotatable bonds is 3. The quantitative estimate of drug-likeness (QED) is 0.185. The molecule has 256 valence electrons. The van der Waals surface area contributed by atoms with E-state index in [1.165, 1.54) is 51.7 Å². The van der Waals surface area contributed by atoms with Crippen LogP contribution in [0.3, 0.4) is 0 Å². The summed E-state index contributed by atoms with van der Waals surface area (Å²) in [6.45, 7) is 2.31. The fraction of sp³-hybridized carbons (Fsp3) is 0.160. The lowest BCUT2D eigenvalue weighted by molar-refractivity contribution is 0.399. The monoisotopic (exact) mass is 685 g/mol. The Hall–Kier alpha value is -6.06. The van der Waals surface area contributed by atoms with Crippen LogP contribution < -0.4 is 9.47 Å². The van der Waals surface area contributed by atoms with Crippen molar-refractivity contribution in [1.82, 2.24) is 4.57 Å². The van der Waals surface area contributed by atoms with Gasteiger partial charge in [-0.2, -0.15) is 0 Å². The van der Waals surface area contributed by atoms with Gasteiger partial charge in [-0.05, 0) is 102 Å². The first-order valence-electron chi connectivity index (χ1n) is 19.1. The Morgan fingerprint density at radius 1 is 0.585 bits per heavy atom. The largest absolute Gasteiger partial charge is 0.457 e. The second-order valence-electron chi connectivity index (χ2n) is 15.1. The highest BCUT2D eigenvalue weighted by Gasteiger charge is 2.50. The highest BCUT2D eigenvalue weighted by atomic mass is 16.5. The number of ether oxygens (including phenoxy) is 2. The van der Waals surface area contributed by atoms with E-state index in [9.17, 15) is 0 Å². The Morgan fingerprint density at radius 3 is 2.06 bits per heavy atom. The smallest absolute Gasteiger partial charge is 0.134 e. The van der Waals surface area contributed by atoms with Gasteiger partial charge in [0.2, 0.25) is 0 Å². The highest BCUT2D eigenvalue weighted by molar-refractivity contribution is 5.88. The molecule has 7 aromatic rings. The summed E-state index contributed by atoms with van der Waals surface area (Å²) in [6.07, 6.45) is 12.5. The van der Waals surface area contributed by atoms with Gasteiger partial charge in [-0.25, -0.2) is 0 Å². The number of aryl methyl sites for hydroxylation is 1. The normalized spacial score (nSPS) is 19.3. The minimum Gasteiger partial charge on any atom is -0.457 e. The molecule has 2 aliphatic heterocycles. The molecule has 0 bridgehead atoms. The Bertz CT molecular complexity index is 2680. The van der Waals surface area contributed by atoms with Crippen molar-refractivity contribution in [3.8, 4) is 39.8 Å². The zero-order chi connectivity index (χ0) is 35.1. The number of nitrogens with zero attached hydrogens (tertiary/aromatic N) is 1. The van der Waals surface area contributed by atoms with Crippen molar-refractivity contribution in [1.29, 1.82) is 0 Å². The predicted octanol–water partition coefficient (Wildman–Crippen LogP) is 12.7. The van der Waals surface area contributed by atoms with Crippen molar-refractivity contribution in [3.63, 3.8) is 0 Å². The third-order valence-corrected chi connectivity index (χ3v) is 12.2. The van der Waals surface area contributed by atoms with Crippen molar-refractivity contribution >= 4 is 16.5 Å². The first-order chi connectivity index (χ1) is 26.2.